The van der Waals surface area contributed by atoms with E-state index in [0.717, 1.165) is 10.9 Å². The maximum absolute atomic E-state index is 13.2. The van der Waals surface area contributed by atoms with Crippen molar-refractivity contribution in [2.75, 3.05) is 26.9 Å². The number of fused-ring (bicyclic) bond motifs is 3. The van der Waals surface area contributed by atoms with Crippen molar-refractivity contribution in [3.63, 3.8) is 0 Å². The molecule has 32 heavy (non-hydrogen) atoms. The SMILES string of the molecule is C=C1c2nc3cc4c(cc3cc2CN1C(=O)/C(COC)=C(\C)C(O)C=O)OCCO4.CC. The van der Waals surface area contributed by atoms with Crippen molar-refractivity contribution in [1.82, 2.24) is 9.88 Å². The standard InChI is InChI=1S/C22H22N2O6.C2H6/c1-12(18(26)10-25)16(11-28-3)22(27)24-9-15-6-14-7-19-20(30-5-4-29-19)8-17(14)23-21(15)13(24)2;1-2/h6-8,10,18,26H,2,4-5,9,11H2,1,3H3;1-2H3/b16-12+;. The summed E-state index contributed by atoms with van der Waals surface area (Å²) in [5.41, 5.74) is 3.11. The zero-order valence-corrected chi connectivity index (χ0v) is 18.8. The molecule has 0 spiro atoms. The first kappa shape index (κ1) is 23.4. The van der Waals surface area contributed by atoms with Gasteiger partial charge in [-0.15, -0.1) is 0 Å². The molecule has 2 aliphatic rings. The highest BCUT2D eigenvalue weighted by Crippen LogP contribution is 2.38. The molecular formula is C24H28N2O6. The molecule has 0 radical (unpaired) electrons. The summed E-state index contributed by atoms with van der Waals surface area (Å²) in [5.74, 6) is 0.929. The topological polar surface area (TPSA) is 98.2 Å². The predicted octanol–water partition coefficient (Wildman–Crippen LogP) is 2.87. The molecule has 1 atom stereocenters. The number of aliphatic hydroxyl groups excluding tert-OH is 1. The van der Waals surface area contributed by atoms with Gasteiger partial charge in [0.25, 0.3) is 5.91 Å². The third-order valence-electron chi connectivity index (χ3n) is 5.33. The van der Waals surface area contributed by atoms with Crippen molar-refractivity contribution in [1.29, 1.82) is 0 Å². The zero-order valence-electron chi connectivity index (χ0n) is 18.8. The Bertz CT molecular complexity index is 1090. The van der Waals surface area contributed by atoms with E-state index >= 15 is 0 Å². The fourth-order valence-corrected chi connectivity index (χ4v) is 3.64. The Kier molecular flexibility index (Phi) is 7.27. The summed E-state index contributed by atoms with van der Waals surface area (Å²) >= 11 is 0. The molecule has 8 heteroatoms. The van der Waals surface area contributed by atoms with Gasteiger partial charge >= 0.3 is 0 Å². The quantitative estimate of drug-likeness (QED) is 0.564. The summed E-state index contributed by atoms with van der Waals surface area (Å²) in [6, 6.07) is 5.66. The van der Waals surface area contributed by atoms with Crippen molar-refractivity contribution in [2.45, 2.75) is 33.4 Å². The van der Waals surface area contributed by atoms with E-state index in [-0.39, 0.29) is 30.2 Å². The molecule has 1 unspecified atom stereocenters. The van der Waals surface area contributed by atoms with Crippen LogP contribution in [0, 0.1) is 0 Å². The van der Waals surface area contributed by atoms with Crippen LogP contribution in [0.2, 0.25) is 0 Å². The lowest BCUT2D eigenvalue weighted by Crippen LogP contribution is -2.30. The first-order valence-corrected chi connectivity index (χ1v) is 10.5. The number of benzene rings is 1. The van der Waals surface area contributed by atoms with Crippen LogP contribution in [0.25, 0.3) is 16.6 Å². The second-order valence-corrected chi connectivity index (χ2v) is 7.20. The molecule has 0 aliphatic carbocycles. The highest BCUT2D eigenvalue weighted by Gasteiger charge is 2.32. The molecule has 0 saturated heterocycles. The Hall–Kier alpha value is -3.23. The van der Waals surface area contributed by atoms with Crippen molar-refractivity contribution < 1.29 is 28.9 Å². The number of aliphatic hydroxyl groups is 1. The van der Waals surface area contributed by atoms with Crippen LogP contribution in [0.4, 0.5) is 0 Å². The lowest BCUT2D eigenvalue weighted by Gasteiger charge is -2.21. The van der Waals surface area contributed by atoms with Gasteiger partial charge in [-0.25, -0.2) is 4.98 Å². The Morgan fingerprint density at radius 1 is 1.28 bits per heavy atom. The number of ether oxygens (including phenoxy) is 3. The molecular weight excluding hydrogens is 412 g/mol. The van der Waals surface area contributed by atoms with Crippen LogP contribution in [0.5, 0.6) is 11.5 Å². The van der Waals surface area contributed by atoms with Gasteiger partial charge in [0.2, 0.25) is 0 Å². The largest absolute Gasteiger partial charge is 0.486 e. The van der Waals surface area contributed by atoms with Gasteiger partial charge in [-0.3, -0.25) is 4.79 Å². The molecule has 1 aromatic carbocycles. The molecule has 2 aliphatic heterocycles. The Morgan fingerprint density at radius 3 is 2.56 bits per heavy atom. The van der Waals surface area contributed by atoms with Crippen molar-refractivity contribution in [2.24, 2.45) is 0 Å². The van der Waals surface area contributed by atoms with Gasteiger partial charge in [-0.2, -0.15) is 0 Å². The fourth-order valence-electron chi connectivity index (χ4n) is 3.64. The predicted molar refractivity (Wildman–Crippen MR) is 120 cm³/mol. The average molecular weight is 440 g/mol. The summed E-state index contributed by atoms with van der Waals surface area (Å²) < 4.78 is 16.4. The molecule has 170 valence electrons. The molecule has 3 heterocycles. The van der Waals surface area contributed by atoms with E-state index in [0.29, 0.717) is 47.9 Å². The third kappa shape index (κ3) is 4.24. The normalized spacial score (nSPS) is 16.0. The van der Waals surface area contributed by atoms with E-state index in [4.69, 9.17) is 19.2 Å². The summed E-state index contributed by atoms with van der Waals surface area (Å²) in [5, 5.41) is 10.8. The molecule has 0 saturated carbocycles. The molecule has 0 bridgehead atoms. The van der Waals surface area contributed by atoms with Gasteiger partial charge in [-0.1, -0.05) is 20.4 Å². The maximum Gasteiger partial charge on any atom is 0.256 e. The molecule has 0 fully saturated rings. The molecule has 1 N–H and O–H groups in total. The minimum Gasteiger partial charge on any atom is -0.486 e. The highest BCUT2D eigenvalue weighted by atomic mass is 16.6. The zero-order chi connectivity index (χ0) is 23.4. The number of aldehydes is 1. The molecule has 1 amide bonds. The van der Waals surface area contributed by atoms with E-state index in [1.807, 2.05) is 32.0 Å². The number of methoxy groups -OCH3 is 1. The van der Waals surface area contributed by atoms with E-state index in [2.05, 4.69) is 6.58 Å². The second-order valence-electron chi connectivity index (χ2n) is 7.20. The molecule has 1 aromatic heterocycles. The van der Waals surface area contributed by atoms with Crippen molar-refractivity contribution >= 4 is 28.8 Å². The fraction of sp³-hybridized carbons (Fsp3) is 0.375. The van der Waals surface area contributed by atoms with Crippen LogP contribution in [0.15, 0.2) is 35.9 Å². The van der Waals surface area contributed by atoms with Crippen LogP contribution >= 0.6 is 0 Å². The smallest absolute Gasteiger partial charge is 0.256 e. The molecule has 8 nitrogen and oxygen atoms in total. The number of hydrogen-bond acceptors (Lipinski definition) is 7. The minimum atomic E-state index is -1.37. The Morgan fingerprint density at radius 2 is 1.94 bits per heavy atom. The van der Waals surface area contributed by atoms with Crippen LogP contribution < -0.4 is 9.47 Å². The number of amides is 1. The van der Waals surface area contributed by atoms with Crippen molar-refractivity contribution in [3.8, 4) is 11.5 Å². The number of carbonyl (C=O) groups is 2. The van der Waals surface area contributed by atoms with Crippen LogP contribution in [-0.2, 0) is 20.9 Å². The van der Waals surface area contributed by atoms with Gasteiger partial charge in [0.05, 0.1) is 30.1 Å². The Balaban J connectivity index is 0.00000141. The van der Waals surface area contributed by atoms with Gasteiger partial charge < -0.3 is 29.0 Å². The minimum absolute atomic E-state index is 0.0352. The molecule has 2 aromatic rings. The number of aromatic nitrogens is 1. The van der Waals surface area contributed by atoms with Crippen LogP contribution in [0.1, 0.15) is 32.0 Å². The lowest BCUT2D eigenvalue weighted by atomic mass is 10.0. The summed E-state index contributed by atoms with van der Waals surface area (Å²) in [6.45, 7) is 10.8. The van der Waals surface area contributed by atoms with Crippen LogP contribution in [0.3, 0.4) is 0 Å². The average Bonchev–Trinajstić information content (AvgIpc) is 3.14. The lowest BCUT2D eigenvalue weighted by molar-refractivity contribution is -0.124. The van der Waals surface area contributed by atoms with Crippen molar-refractivity contribution in [3.05, 3.63) is 47.2 Å². The van der Waals surface area contributed by atoms with E-state index in [1.165, 1.54) is 18.9 Å². The number of hydrogen-bond donors (Lipinski definition) is 1. The second kappa shape index (κ2) is 9.93. The summed E-state index contributed by atoms with van der Waals surface area (Å²) in [4.78, 5) is 30.4. The Labute approximate surface area is 187 Å². The first-order valence-electron chi connectivity index (χ1n) is 10.5. The number of pyridine rings is 1. The van der Waals surface area contributed by atoms with E-state index in [9.17, 15) is 14.7 Å². The van der Waals surface area contributed by atoms with Crippen LogP contribution in [-0.4, -0.2) is 60.2 Å². The number of nitrogens with zero attached hydrogens (tertiary/aromatic N) is 2. The van der Waals surface area contributed by atoms with E-state index in [1.54, 1.807) is 0 Å². The van der Waals surface area contributed by atoms with E-state index < -0.39 is 6.10 Å². The molecule has 4 rings (SSSR count). The monoisotopic (exact) mass is 440 g/mol. The summed E-state index contributed by atoms with van der Waals surface area (Å²) in [7, 11) is 1.45. The third-order valence-corrected chi connectivity index (χ3v) is 5.33. The van der Waals surface area contributed by atoms with Gasteiger partial charge in [0.15, 0.2) is 17.8 Å². The van der Waals surface area contributed by atoms with Gasteiger partial charge in [-0.05, 0) is 24.6 Å². The highest BCUT2D eigenvalue weighted by molar-refractivity contribution is 6.01. The van der Waals surface area contributed by atoms with Gasteiger partial charge in [0.1, 0.15) is 19.3 Å². The number of carbonyl (C=O) groups excluding carboxylic acids is 2. The summed E-state index contributed by atoms with van der Waals surface area (Å²) in [6.07, 6.45) is -0.990. The number of rotatable bonds is 5. The maximum atomic E-state index is 13.2. The van der Waals surface area contributed by atoms with Gasteiger partial charge in [0, 0.05) is 29.7 Å². The first-order chi connectivity index (χ1) is 15.4.